The lowest BCUT2D eigenvalue weighted by atomic mass is 9.99. The van der Waals surface area contributed by atoms with Crippen LogP contribution in [0.25, 0.3) is 6.08 Å². The van der Waals surface area contributed by atoms with E-state index in [-0.39, 0.29) is 11.1 Å². The highest BCUT2D eigenvalue weighted by molar-refractivity contribution is 8.18. The number of thioether (sulfide) groups is 1. The van der Waals surface area contributed by atoms with E-state index in [1.54, 1.807) is 18.3 Å². The Morgan fingerprint density at radius 2 is 2.35 bits per heavy atom. The number of piperidine rings is 1. The van der Waals surface area contributed by atoms with Crippen molar-refractivity contribution in [2.45, 2.75) is 12.8 Å². The second-order valence-corrected chi connectivity index (χ2v) is 6.74. The molecule has 0 aliphatic carbocycles. The van der Waals surface area contributed by atoms with E-state index in [1.807, 2.05) is 11.9 Å². The Labute approximate surface area is 138 Å². The SMILES string of the molecule is CN(CC1CCCNC1)c1nccc(/C=C2\SC(=O)NC2=O)n1. The molecule has 2 saturated heterocycles. The molecular weight excluding hydrogens is 314 g/mol. The van der Waals surface area contributed by atoms with Crippen molar-refractivity contribution in [3.05, 3.63) is 22.9 Å². The van der Waals surface area contributed by atoms with Crippen LogP contribution in [-0.2, 0) is 4.79 Å². The van der Waals surface area contributed by atoms with Crippen molar-refractivity contribution in [3.63, 3.8) is 0 Å². The molecule has 2 N–H and O–H groups in total. The van der Waals surface area contributed by atoms with Gasteiger partial charge in [0.1, 0.15) is 0 Å². The molecule has 7 nitrogen and oxygen atoms in total. The molecule has 2 aliphatic rings. The van der Waals surface area contributed by atoms with E-state index in [1.165, 1.54) is 12.8 Å². The molecule has 1 unspecified atom stereocenters. The normalized spacial score (nSPS) is 23.2. The van der Waals surface area contributed by atoms with Crippen LogP contribution in [0.2, 0.25) is 0 Å². The number of rotatable bonds is 4. The lowest BCUT2D eigenvalue weighted by molar-refractivity contribution is -0.115. The minimum atomic E-state index is -0.373. The van der Waals surface area contributed by atoms with Crippen molar-refractivity contribution in [2.75, 3.05) is 31.6 Å². The van der Waals surface area contributed by atoms with Crippen LogP contribution in [0, 0.1) is 5.92 Å². The van der Waals surface area contributed by atoms with Crippen molar-refractivity contribution in [1.29, 1.82) is 0 Å². The van der Waals surface area contributed by atoms with Gasteiger partial charge in [-0.05, 0) is 55.8 Å². The Morgan fingerprint density at radius 3 is 3.04 bits per heavy atom. The molecule has 2 fully saturated rings. The van der Waals surface area contributed by atoms with Gasteiger partial charge in [0.2, 0.25) is 5.95 Å². The van der Waals surface area contributed by atoms with Gasteiger partial charge in [-0.15, -0.1) is 0 Å². The highest BCUT2D eigenvalue weighted by atomic mass is 32.2. The first-order chi connectivity index (χ1) is 11.1. The fourth-order valence-electron chi connectivity index (χ4n) is 2.73. The number of carbonyl (C=O) groups is 2. The largest absolute Gasteiger partial charge is 0.344 e. The van der Waals surface area contributed by atoms with E-state index in [9.17, 15) is 9.59 Å². The third kappa shape index (κ3) is 4.08. The van der Waals surface area contributed by atoms with Gasteiger partial charge in [-0.2, -0.15) is 0 Å². The molecule has 3 heterocycles. The van der Waals surface area contributed by atoms with Gasteiger partial charge in [0.15, 0.2) is 0 Å². The number of anilines is 1. The number of nitrogens with zero attached hydrogens (tertiary/aromatic N) is 3. The van der Waals surface area contributed by atoms with E-state index in [0.29, 0.717) is 22.5 Å². The summed E-state index contributed by atoms with van der Waals surface area (Å²) in [4.78, 5) is 34.0. The Hall–Kier alpha value is -1.93. The number of imide groups is 1. The molecule has 1 aromatic heterocycles. The van der Waals surface area contributed by atoms with Gasteiger partial charge in [-0.3, -0.25) is 14.9 Å². The van der Waals surface area contributed by atoms with E-state index < -0.39 is 0 Å². The highest BCUT2D eigenvalue weighted by Crippen LogP contribution is 2.25. The molecule has 0 bridgehead atoms. The fraction of sp³-hybridized carbons (Fsp3) is 0.467. The van der Waals surface area contributed by atoms with E-state index in [2.05, 4.69) is 20.6 Å². The standard InChI is InChI=1S/C15H19N5O2S/c1-20(9-10-3-2-5-16-8-10)14-17-6-4-11(18-14)7-12-13(21)19-15(22)23-12/h4,6-7,10,16H,2-3,5,8-9H2,1H3,(H,19,21,22)/b12-7-. The lowest BCUT2D eigenvalue weighted by Gasteiger charge is -2.27. The molecule has 0 spiro atoms. The third-order valence-corrected chi connectivity index (χ3v) is 4.67. The van der Waals surface area contributed by atoms with Crippen molar-refractivity contribution in [2.24, 2.45) is 5.92 Å². The number of carbonyl (C=O) groups excluding carboxylic acids is 2. The average Bonchev–Trinajstić information content (AvgIpc) is 2.86. The zero-order valence-electron chi connectivity index (χ0n) is 12.9. The van der Waals surface area contributed by atoms with Crippen molar-refractivity contribution >= 4 is 34.9 Å². The molecular formula is C15H19N5O2S. The second-order valence-electron chi connectivity index (χ2n) is 5.73. The third-order valence-electron chi connectivity index (χ3n) is 3.86. The molecule has 0 radical (unpaired) electrons. The summed E-state index contributed by atoms with van der Waals surface area (Å²) in [5.74, 6) is 0.842. The molecule has 2 amide bonds. The Balaban J connectivity index is 1.70. The van der Waals surface area contributed by atoms with Crippen LogP contribution in [0.3, 0.4) is 0 Å². The summed E-state index contributed by atoms with van der Waals surface area (Å²) in [6.07, 6.45) is 5.70. The maximum Gasteiger partial charge on any atom is 0.290 e. The summed E-state index contributed by atoms with van der Waals surface area (Å²) in [6, 6.07) is 1.73. The summed E-state index contributed by atoms with van der Waals surface area (Å²) in [5, 5.41) is 5.29. The highest BCUT2D eigenvalue weighted by Gasteiger charge is 2.25. The van der Waals surface area contributed by atoms with Gasteiger partial charge in [-0.25, -0.2) is 9.97 Å². The Kier molecular flexibility index (Phi) is 4.92. The number of amides is 2. The van der Waals surface area contributed by atoms with Gasteiger partial charge in [-0.1, -0.05) is 0 Å². The average molecular weight is 333 g/mol. The van der Waals surface area contributed by atoms with E-state index in [0.717, 1.165) is 31.4 Å². The summed E-state index contributed by atoms with van der Waals surface area (Å²) < 4.78 is 0. The number of hydrogen-bond acceptors (Lipinski definition) is 7. The first-order valence-corrected chi connectivity index (χ1v) is 8.43. The predicted molar refractivity (Wildman–Crippen MR) is 90.0 cm³/mol. The van der Waals surface area contributed by atoms with Gasteiger partial charge >= 0.3 is 0 Å². The van der Waals surface area contributed by atoms with E-state index >= 15 is 0 Å². The van der Waals surface area contributed by atoms with Gasteiger partial charge in [0.05, 0.1) is 10.6 Å². The number of hydrogen-bond donors (Lipinski definition) is 2. The first kappa shape index (κ1) is 15.9. The van der Waals surface area contributed by atoms with Crippen LogP contribution in [0.15, 0.2) is 17.2 Å². The second kappa shape index (κ2) is 7.10. The van der Waals surface area contributed by atoms with Crippen molar-refractivity contribution < 1.29 is 9.59 Å². The molecule has 2 aliphatic heterocycles. The van der Waals surface area contributed by atoms with Crippen LogP contribution in [0.4, 0.5) is 10.7 Å². The summed E-state index contributed by atoms with van der Waals surface area (Å²) in [7, 11) is 1.97. The fourth-order valence-corrected chi connectivity index (χ4v) is 3.40. The maximum atomic E-state index is 11.6. The summed E-state index contributed by atoms with van der Waals surface area (Å²) in [5.41, 5.74) is 0.621. The van der Waals surface area contributed by atoms with Gasteiger partial charge in [0, 0.05) is 19.8 Å². The molecule has 0 saturated carbocycles. The molecule has 0 aromatic carbocycles. The van der Waals surface area contributed by atoms with Crippen LogP contribution >= 0.6 is 11.8 Å². The Bertz CT molecular complexity index is 643. The molecule has 1 atom stereocenters. The van der Waals surface area contributed by atoms with Crippen molar-refractivity contribution in [1.82, 2.24) is 20.6 Å². The zero-order chi connectivity index (χ0) is 16.2. The van der Waals surface area contributed by atoms with Gasteiger partial charge in [0.25, 0.3) is 11.1 Å². The number of nitrogens with one attached hydrogen (secondary N) is 2. The number of aromatic nitrogens is 2. The van der Waals surface area contributed by atoms with Crippen LogP contribution in [-0.4, -0.2) is 47.8 Å². The van der Waals surface area contributed by atoms with E-state index in [4.69, 9.17) is 0 Å². The minimum Gasteiger partial charge on any atom is -0.344 e. The molecule has 122 valence electrons. The lowest BCUT2D eigenvalue weighted by Crippen LogP contribution is -2.37. The predicted octanol–water partition coefficient (Wildman–Crippen LogP) is 1.24. The van der Waals surface area contributed by atoms with Crippen LogP contribution in [0.1, 0.15) is 18.5 Å². The smallest absolute Gasteiger partial charge is 0.290 e. The first-order valence-electron chi connectivity index (χ1n) is 7.61. The summed E-state index contributed by atoms with van der Waals surface area (Å²) in [6.45, 7) is 3.01. The quantitative estimate of drug-likeness (QED) is 0.802. The maximum absolute atomic E-state index is 11.6. The zero-order valence-corrected chi connectivity index (χ0v) is 13.7. The summed E-state index contributed by atoms with van der Waals surface area (Å²) >= 11 is 0.890. The topological polar surface area (TPSA) is 87.2 Å². The van der Waals surface area contributed by atoms with Crippen molar-refractivity contribution in [3.8, 4) is 0 Å². The van der Waals surface area contributed by atoms with Crippen LogP contribution < -0.4 is 15.5 Å². The molecule has 1 aromatic rings. The van der Waals surface area contributed by atoms with Gasteiger partial charge < -0.3 is 10.2 Å². The molecule has 23 heavy (non-hydrogen) atoms. The minimum absolute atomic E-state index is 0.350. The monoisotopic (exact) mass is 333 g/mol. The van der Waals surface area contributed by atoms with Crippen LogP contribution in [0.5, 0.6) is 0 Å². The molecule has 3 rings (SSSR count). The Morgan fingerprint density at radius 1 is 1.48 bits per heavy atom. The molecule has 8 heteroatoms.